The van der Waals surface area contributed by atoms with Gasteiger partial charge >= 0.3 is 12.1 Å². The number of piperidine rings is 1. The van der Waals surface area contributed by atoms with Gasteiger partial charge in [0, 0.05) is 36.3 Å². The van der Waals surface area contributed by atoms with E-state index in [2.05, 4.69) is 15.3 Å². The van der Waals surface area contributed by atoms with E-state index in [1.807, 2.05) is 4.90 Å². The first kappa shape index (κ1) is 28.9. The minimum atomic E-state index is -4.83. The highest BCUT2D eigenvalue weighted by molar-refractivity contribution is 6.30. The molecule has 0 radical (unpaired) electrons. The van der Waals surface area contributed by atoms with Crippen LogP contribution in [0.2, 0.25) is 5.02 Å². The maximum atomic E-state index is 14.5. The maximum Gasteiger partial charge on any atom is 0.429 e. The van der Waals surface area contributed by atoms with Gasteiger partial charge in [-0.3, -0.25) is 4.79 Å². The van der Waals surface area contributed by atoms with Crippen LogP contribution in [0.25, 0.3) is 11.1 Å². The number of aliphatic carboxylic acids is 1. The summed E-state index contributed by atoms with van der Waals surface area (Å²) < 4.78 is 49.1. The first-order valence-corrected chi connectivity index (χ1v) is 13.4. The zero-order chi connectivity index (χ0) is 29.4. The molecule has 3 aromatic rings. The van der Waals surface area contributed by atoms with Crippen molar-refractivity contribution in [1.82, 2.24) is 15.3 Å². The van der Waals surface area contributed by atoms with E-state index in [-0.39, 0.29) is 40.0 Å². The Morgan fingerprint density at radius 1 is 1.20 bits per heavy atom. The van der Waals surface area contributed by atoms with Crippen LogP contribution in [0.4, 0.5) is 24.9 Å². The number of nitrogens with one attached hydrogen (secondary N) is 1. The van der Waals surface area contributed by atoms with Crippen LogP contribution in [0.3, 0.4) is 0 Å². The van der Waals surface area contributed by atoms with E-state index in [1.54, 1.807) is 24.3 Å². The average molecular weight is 592 g/mol. The lowest BCUT2D eigenvalue weighted by molar-refractivity contribution is -0.198. The number of hydrogen-bond donors (Lipinski definition) is 4. The average Bonchev–Trinajstić information content (AvgIpc) is 3.35. The molecule has 2 aliphatic heterocycles. The van der Waals surface area contributed by atoms with Crippen LogP contribution in [-0.2, 0) is 11.4 Å². The summed E-state index contributed by atoms with van der Waals surface area (Å²) >= 11 is 6.17. The summed E-state index contributed by atoms with van der Waals surface area (Å²) in [6.45, 7) is 1.36. The van der Waals surface area contributed by atoms with E-state index >= 15 is 0 Å². The van der Waals surface area contributed by atoms with Gasteiger partial charge in [0.2, 0.25) is 17.9 Å². The molecule has 2 fully saturated rings. The Hall–Kier alpha value is -3.61. The number of rotatable bonds is 7. The number of carboxylic acid groups (broad SMARTS) is 1. The fraction of sp³-hybridized carbons (Fsp3) is 0.393. The van der Waals surface area contributed by atoms with E-state index in [1.165, 1.54) is 24.3 Å². The summed E-state index contributed by atoms with van der Waals surface area (Å²) in [5, 5.41) is 22.2. The molecule has 0 saturated carbocycles. The van der Waals surface area contributed by atoms with Crippen LogP contribution in [0.15, 0.2) is 48.5 Å². The van der Waals surface area contributed by atoms with Crippen LogP contribution in [0, 0.1) is 5.41 Å². The number of aliphatic hydroxyl groups excluding tert-OH is 1. The molecule has 5 N–H and O–H groups in total. The quantitative estimate of drug-likeness (QED) is 0.311. The number of halogens is 4. The Bertz CT molecular complexity index is 1430. The standard InChI is InChI=1S/C28H29ClF3N5O4/c29-18-4-5-19(20(11-18)17-3-1-2-16(10-17)14-38)24(28(30,31)32)41-23-12-22(35-26(33)36-23)37-8-6-27(7-9-37)13-21(25(39)40)34-15-27/h1-5,10-12,21,24,34,38H,6-9,13-15H2,(H,39,40)(H2,33,35,36)/t21-,24?/m0/s1. The summed E-state index contributed by atoms with van der Waals surface area (Å²) in [5.74, 6) is -1.12. The highest BCUT2D eigenvalue weighted by Crippen LogP contribution is 2.43. The third kappa shape index (κ3) is 6.34. The topological polar surface area (TPSA) is 134 Å². The third-order valence-electron chi connectivity index (χ3n) is 7.77. The number of benzene rings is 2. The van der Waals surface area contributed by atoms with E-state index in [4.69, 9.17) is 22.1 Å². The fourth-order valence-electron chi connectivity index (χ4n) is 5.61. The monoisotopic (exact) mass is 591 g/mol. The Morgan fingerprint density at radius 2 is 1.95 bits per heavy atom. The van der Waals surface area contributed by atoms with E-state index in [9.17, 15) is 28.2 Å². The molecule has 41 heavy (non-hydrogen) atoms. The number of ether oxygens (including phenoxy) is 1. The van der Waals surface area contributed by atoms with E-state index in [0.29, 0.717) is 55.8 Å². The molecule has 5 rings (SSSR count). The number of carboxylic acids is 1. The van der Waals surface area contributed by atoms with Crippen LogP contribution in [0.5, 0.6) is 5.88 Å². The lowest BCUT2D eigenvalue weighted by Gasteiger charge is -2.39. The van der Waals surface area contributed by atoms with Gasteiger partial charge in [-0.1, -0.05) is 35.9 Å². The lowest BCUT2D eigenvalue weighted by atomic mass is 9.76. The number of nitrogens with two attached hydrogens (primary N) is 1. The molecule has 0 amide bonds. The fourth-order valence-corrected chi connectivity index (χ4v) is 5.78. The van der Waals surface area contributed by atoms with Crippen molar-refractivity contribution in [3.8, 4) is 17.0 Å². The second-order valence-electron chi connectivity index (χ2n) is 10.5. The lowest BCUT2D eigenvalue weighted by Crippen LogP contribution is -2.41. The molecule has 3 heterocycles. The van der Waals surface area contributed by atoms with Crippen LogP contribution >= 0.6 is 11.6 Å². The molecule has 0 aliphatic carbocycles. The van der Waals surface area contributed by atoms with E-state index < -0.39 is 24.3 Å². The Kier molecular flexibility index (Phi) is 8.00. The summed E-state index contributed by atoms with van der Waals surface area (Å²) in [7, 11) is 0. The van der Waals surface area contributed by atoms with Gasteiger partial charge in [-0.2, -0.15) is 23.1 Å². The third-order valence-corrected chi connectivity index (χ3v) is 8.00. The number of aliphatic hydroxyl groups is 1. The van der Waals surface area contributed by atoms with Crippen molar-refractivity contribution >= 4 is 29.3 Å². The molecule has 9 nitrogen and oxygen atoms in total. The maximum absolute atomic E-state index is 14.5. The summed E-state index contributed by atoms with van der Waals surface area (Å²) in [6.07, 6.45) is -5.33. The molecule has 13 heteroatoms. The number of carbonyl (C=O) groups is 1. The van der Waals surface area contributed by atoms with Gasteiger partial charge in [0.1, 0.15) is 11.9 Å². The first-order valence-electron chi connectivity index (χ1n) is 13.0. The molecule has 2 aromatic carbocycles. The highest BCUT2D eigenvalue weighted by Gasteiger charge is 2.46. The molecular weight excluding hydrogens is 563 g/mol. The van der Waals surface area contributed by atoms with Crippen molar-refractivity contribution in [2.75, 3.05) is 30.3 Å². The summed E-state index contributed by atoms with van der Waals surface area (Å²) in [4.78, 5) is 21.4. The Labute approximate surface area is 239 Å². The Morgan fingerprint density at radius 3 is 2.61 bits per heavy atom. The SMILES string of the molecule is Nc1nc(OC(c2ccc(Cl)cc2-c2cccc(CO)c2)C(F)(F)F)cc(N2CCC3(CC2)CN[C@H](C(=O)O)C3)n1. The number of nitrogens with zero attached hydrogens (tertiary/aromatic N) is 3. The van der Waals surface area contributed by atoms with Crippen LogP contribution < -0.4 is 20.7 Å². The van der Waals surface area contributed by atoms with Crippen molar-refractivity contribution in [2.24, 2.45) is 5.41 Å². The van der Waals surface area contributed by atoms with Gasteiger partial charge < -0.3 is 30.9 Å². The van der Waals surface area contributed by atoms with Crippen molar-refractivity contribution in [3.05, 3.63) is 64.7 Å². The molecule has 2 atom stereocenters. The predicted octanol–water partition coefficient (Wildman–Crippen LogP) is 4.59. The summed E-state index contributed by atoms with van der Waals surface area (Å²) in [5.41, 5.74) is 6.72. The molecule has 1 aromatic heterocycles. The second kappa shape index (κ2) is 11.3. The molecule has 0 bridgehead atoms. The van der Waals surface area contributed by atoms with Gasteiger partial charge in [0.05, 0.1) is 6.61 Å². The summed E-state index contributed by atoms with van der Waals surface area (Å²) in [6, 6.07) is 11.3. The molecular formula is C28H29ClF3N5O4. The number of aromatic nitrogens is 2. The van der Waals surface area contributed by atoms with Crippen LogP contribution in [0.1, 0.15) is 36.5 Å². The number of nitrogen functional groups attached to an aromatic ring is 1. The minimum Gasteiger partial charge on any atom is -0.480 e. The molecule has 218 valence electrons. The zero-order valence-electron chi connectivity index (χ0n) is 21.9. The predicted molar refractivity (Wildman–Crippen MR) is 147 cm³/mol. The molecule has 1 unspecified atom stereocenters. The second-order valence-corrected chi connectivity index (χ2v) is 11.0. The van der Waals surface area contributed by atoms with Gasteiger partial charge in [0.25, 0.3) is 0 Å². The van der Waals surface area contributed by atoms with Crippen molar-refractivity contribution in [2.45, 2.75) is 44.2 Å². The first-order chi connectivity index (χ1) is 19.5. The van der Waals surface area contributed by atoms with E-state index in [0.717, 1.165) is 0 Å². The van der Waals surface area contributed by atoms with Crippen molar-refractivity contribution < 1.29 is 32.9 Å². The number of anilines is 2. The largest absolute Gasteiger partial charge is 0.480 e. The van der Waals surface area contributed by atoms with Crippen molar-refractivity contribution in [3.63, 3.8) is 0 Å². The Balaban J connectivity index is 1.42. The number of alkyl halides is 3. The smallest absolute Gasteiger partial charge is 0.429 e. The van der Waals surface area contributed by atoms with Gasteiger partial charge in [-0.25, -0.2) is 0 Å². The van der Waals surface area contributed by atoms with Crippen molar-refractivity contribution in [1.29, 1.82) is 0 Å². The van der Waals surface area contributed by atoms with Gasteiger partial charge in [0.15, 0.2) is 0 Å². The molecule has 2 saturated heterocycles. The molecule has 1 spiro atoms. The van der Waals surface area contributed by atoms with Gasteiger partial charge in [-0.05, 0) is 59.6 Å². The zero-order valence-corrected chi connectivity index (χ0v) is 22.6. The minimum absolute atomic E-state index is 0.156. The normalized spacial score (nSPS) is 19.3. The highest BCUT2D eigenvalue weighted by atomic mass is 35.5. The number of hydrogen-bond acceptors (Lipinski definition) is 8. The van der Waals surface area contributed by atoms with Crippen LogP contribution in [-0.4, -0.2) is 58.0 Å². The molecule has 2 aliphatic rings. The van der Waals surface area contributed by atoms with Gasteiger partial charge in [-0.15, -0.1) is 0 Å².